The summed E-state index contributed by atoms with van der Waals surface area (Å²) in [6.45, 7) is 1.80. The second-order valence-electron chi connectivity index (χ2n) is 4.71. The highest BCUT2D eigenvalue weighted by atomic mass is 32.2. The first-order valence-corrected chi connectivity index (χ1v) is 7.97. The maximum absolute atomic E-state index is 12.2. The lowest BCUT2D eigenvalue weighted by atomic mass is 10.2. The minimum Gasteiger partial charge on any atom is -0.397 e. The van der Waals surface area contributed by atoms with E-state index in [0.717, 1.165) is 5.56 Å². The molecule has 0 radical (unpaired) electrons. The van der Waals surface area contributed by atoms with E-state index < -0.39 is 21.5 Å². The summed E-state index contributed by atoms with van der Waals surface area (Å²) in [5, 5.41) is 2.51. The van der Waals surface area contributed by atoms with Crippen LogP contribution in [-0.2, 0) is 14.6 Å². The molecule has 2 rings (SSSR count). The normalized spacial score (nSPS) is 11.1. The first-order chi connectivity index (χ1) is 9.88. The molecular formula is C15H16N2O3S. The average molecular weight is 304 g/mol. The van der Waals surface area contributed by atoms with Crippen molar-refractivity contribution >= 4 is 27.1 Å². The Labute approximate surface area is 123 Å². The van der Waals surface area contributed by atoms with Gasteiger partial charge in [0.1, 0.15) is 5.75 Å². The number of hydrogen-bond donors (Lipinski definition) is 2. The lowest BCUT2D eigenvalue weighted by Crippen LogP contribution is -2.23. The number of benzene rings is 2. The average Bonchev–Trinajstić information content (AvgIpc) is 2.41. The maximum Gasteiger partial charge on any atom is 0.240 e. The quantitative estimate of drug-likeness (QED) is 0.845. The van der Waals surface area contributed by atoms with Gasteiger partial charge in [-0.25, -0.2) is 8.42 Å². The fourth-order valence-corrected chi connectivity index (χ4v) is 3.10. The van der Waals surface area contributed by atoms with Crippen molar-refractivity contribution in [3.05, 3.63) is 54.1 Å². The van der Waals surface area contributed by atoms with E-state index in [0.29, 0.717) is 11.4 Å². The molecule has 0 aliphatic heterocycles. The molecule has 0 aromatic heterocycles. The van der Waals surface area contributed by atoms with Gasteiger partial charge < -0.3 is 11.1 Å². The number of nitrogen functional groups attached to an aromatic ring is 1. The lowest BCUT2D eigenvalue weighted by molar-refractivity contribution is -0.113. The van der Waals surface area contributed by atoms with Crippen LogP contribution in [0.5, 0.6) is 0 Å². The van der Waals surface area contributed by atoms with E-state index in [2.05, 4.69) is 5.32 Å². The summed E-state index contributed by atoms with van der Waals surface area (Å²) in [7, 11) is -3.67. The molecule has 2 aromatic rings. The Morgan fingerprint density at radius 3 is 2.52 bits per heavy atom. The highest BCUT2D eigenvalue weighted by molar-refractivity contribution is 7.92. The molecule has 0 fully saturated rings. The molecule has 0 aliphatic carbocycles. The zero-order valence-electron chi connectivity index (χ0n) is 11.5. The summed E-state index contributed by atoms with van der Waals surface area (Å²) in [5.74, 6) is -1.24. The molecular weight excluding hydrogens is 288 g/mol. The minimum atomic E-state index is -3.67. The number of para-hydroxylation sites is 2. The smallest absolute Gasteiger partial charge is 0.240 e. The van der Waals surface area contributed by atoms with Crippen LogP contribution in [0.4, 0.5) is 11.4 Å². The van der Waals surface area contributed by atoms with Crippen LogP contribution >= 0.6 is 0 Å². The first kappa shape index (κ1) is 15.1. The van der Waals surface area contributed by atoms with E-state index in [1.807, 2.05) is 0 Å². The number of hydrogen-bond acceptors (Lipinski definition) is 4. The maximum atomic E-state index is 12.2. The van der Waals surface area contributed by atoms with Gasteiger partial charge in [0.15, 0.2) is 9.84 Å². The minimum absolute atomic E-state index is 0.138. The Kier molecular flexibility index (Phi) is 4.28. The van der Waals surface area contributed by atoms with E-state index in [-0.39, 0.29) is 4.90 Å². The predicted octanol–water partition coefficient (Wildman–Crippen LogP) is 1.99. The highest BCUT2D eigenvalue weighted by Crippen LogP contribution is 2.18. The zero-order valence-corrected chi connectivity index (χ0v) is 12.4. The zero-order chi connectivity index (χ0) is 15.5. The van der Waals surface area contributed by atoms with Crippen LogP contribution in [0.25, 0.3) is 0 Å². The Morgan fingerprint density at radius 1 is 1.14 bits per heavy atom. The largest absolute Gasteiger partial charge is 0.397 e. The molecule has 0 saturated carbocycles. The van der Waals surface area contributed by atoms with Crippen LogP contribution in [0.3, 0.4) is 0 Å². The third-order valence-electron chi connectivity index (χ3n) is 2.90. The van der Waals surface area contributed by atoms with Gasteiger partial charge in [0.05, 0.1) is 16.3 Å². The van der Waals surface area contributed by atoms with Gasteiger partial charge >= 0.3 is 0 Å². The monoisotopic (exact) mass is 304 g/mol. The molecule has 0 heterocycles. The van der Waals surface area contributed by atoms with Crippen LogP contribution in [0.15, 0.2) is 53.4 Å². The summed E-state index contributed by atoms with van der Waals surface area (Å²) >= 11 is 0. The van der Waals surface area contributed by atoms with Crippen molar-refractivity contribution in [1.29, 1.82) is 0 Å². The van der Waals surface area contributed by atoms with Gasteiger partial charge in [-0.15, -0.1) is 0 Å². The van der Waals surface area contributed by atoms with Crippen molar-refractivity contribution in [1.82, 2.24) is 0 Å². The lowest BCUT2D eigenvalue weighted by Gasteiger charge is -2.08. The number of nitrogens with one attached hydrogen (secondary N) is 1. The van der Waals surface area contributed by atoms with Gasteiger partial charge in [-0.1, -0.05) is 24.3 Å². The molecule has 1 amide bonds. The standard InChI is InChI=1S/C15H16N2O3S/c1-11-5-4-6-12(9-11)21(19,20)10-15(18)17-14-8-3-2-7-13(14)16/h2-9H,10,16H2,1H3,(H,17,18). The molecule has 0 aliphatic rings. The van der Waals surface area contributed by atoms with Gasteiger partial charge in [-0.2, -0.15) is 0 Å². The van der Waals surface area contributed by atoms with Gasteiger partial charge in [0, 0.05) is 0 Å². The summed E-state index contributed by atoms with van der Waals surface area (Å²) in [4.78, 5) is 12.0. The van der Waals surface area contributed by atoms with Crippen molar-refractivity contribution in [3.8, 4) is 0 Å². The fraction of sp³-hybridized carbons (Fsp3) is 0.133. The highest BCUT2D eigenvalue weighted by Gasteiger charge is 2.19. The summed E-state index contributed by atoms with van der Waals surface area (Å²) in [5.41, 5.74) is 7.31. The van der Waals surface area contributed by atoms with Crippen LogP contribution in [0.2, 0.25) is 0 Å². The molecule has 0 bridgehead atoms. The second kappa shape index (κ2) is 5.97. The Bertz CT molecular complexity index is 770. The molecule has 5 nitrogen and oxygen atoms in total. The number of amides is 1. The number of carbonyl (C=O) groups is 1. The van der Waals surface area contributed by atoms with Crippen molar-refractivity contribution in [2.45, 2.75) is 11.8 Å². The van der Waals surface area contributed by atoms with Crippen LogP contribution in [-0.4, -0.2) is 20.1 Å². The second-order valence-corrected chi connectivity index (χ2v) is 6.70. The molecule has 6 heteroatoms. The summed E-state index contributed by atoms with van der Waals surface area (Å²) in [6, 6.07) is 13.2. The van der Waals surface area contributed by atoms with Crippen molar-refractivity contribution in [2.24, 2.45) is 0 Å². The topological polar surface area (TPSA) is 89.3 Å². The van der Waals surface area contributed by atoms with Gasteiger partial charge in [0.25, 0.3) is 0 Å². The van der Waals surface area contributed by atoms with Crippen molar-refractivity contribution < 1.29 is 13.2 Å². The van der Waals surface area contributed by atoms with E-state index in [1.165, 1.54) is 6.07 Å². The van der Waals surface area contributed by atoms with Crippen LogP contribution < -0.4 is 11.1 Å². The Morgan fingerprint density at radius 2 is 1.86 bits per heavy atom. The van der Waals surface area contributed by atoms with Gasteiger partial charge in [0.2, 0.25) is 5.91 Å². The molecule has 110 valence electrons. The summed E-state index contributed by atoms with van der Waals surface area (Å²) < 4.78 is 24.4. The van der Waals surface area contributed by atoms with Gasteiger partial charge in [-0.05, 0) is 36.8 Å². The number of rotatable bonds is 4. The third kappa shape index (κ3) is 3.82. The molecule has 0 unspecified atom stereocenters. The van der Waals surface area contributed by atoms with Crippen LogP contribution in [0, 0.1) is 6.92 Å². The van der Waals surface area contributed by atoms with E-state index in [4.69, 9.17) is 5.73 Å². The number of anilines is 2. The number of carbonyl (C=O) groups excluding carboxylic acids is 1. The number of aryl methyl sites for hydroxylation is 1. The predicted molar refractivity (Wildman–Crippen MR) is 82.7 cm³/mol. The van der Waals surface area contributed by atoms with E-state index >= 15 is 0 Å². The number of sulfone groups is 1. The molecule has 0 atom stereocenters. The number of nitrogens with two attached hydrogens (primary N) is 1. The molecule has 0 spiro atoms. The molecule has 3 N–H and O–H groups in total. The SMILES string of the molecule is Cc1cccc(S(=O)(=O)CC(=O)Nc2ccccc2N)c1. The molecule has 21 heavy (non-hydrogen) atoms. The van der Waals surface area contributed by atoms with Gasteiger partial charge in [-0.3, -0.25) is 4.79 Å². The first-order valence-electron chi connectivity index (χ1n) is 6.32. The Hall–Kier alpha value is -2.34. The van der Waals surface area contributed by atoms with Crippen molar-refractivity contribution in [2.75, 3.05) is 16.8 Å². The summed E-state index contributed by atoms with van der Waals surface area (Å²) in [6.07, 6.45) is 0. The third-order valence-corrected chi connectivity index (χ3v) is 4.52. The molecule has 2 aromatic carbocycles. The van der Waals surface area contributed by atoms with Crippen molar-refractivity contribution in [3.63, 3.8) is 0 Å². The van der Waals surface area contributed by atoms with Crippen LogP contribution in [0.1, 0.15) is 5.56 Å². The van der Waals surface area contributed by atoms with E-state index in [9.17, 15) is 13.2 Å². The fourth-order valence-electron chi connectivity index (χ4n) is 1.86. The Balaban J connectivity index is 2.14. The molecule has 0 saturated heterocycles. The van der Waals surface area contributed by atoms with E-state index in [1.54, 1.807) is 49.4 Å².